The zero-order valence-corrected chi connectivity index (χ0v) is 14.3. The Bertz CT molecular complexity index is 583. The smallest absolute Gasteiger partial charge is 0.309 e. The van der Waals surface area contributed by atoms with Crippen LogP contribution in [0.25, 0.3) is 0 Å². The van der Waals surface area contributed by atoms with Crippen LogP contribution in [-0.2, 0) is 25.7 Å². The molecule has 0 saturated carbocycles. The van der Waals surface area contributed by atoms with Crippen LogP contribution in [0.1, 0.15) is 24.8 Å². The number of nitrogens with zero attached hydrogens (tertiary/aromatic N) is 1. The predicted molar refractivity (Wildman–Crippen MR) is 90.9 cm³/mol. The number of carbonyl (C=O) groups excluding carboxylic acids is 1. The highest BCUT2D eigenvalue weighted by Crippen LogP contribution is 2.33. The van der Waals surface area contributed by atoms with Gasteiger partial charge in [0.2, 0.25) is 5.91 Å². The van der Waals surface area contributed by atoms with Gasteiger partial charge in [0.15, 0.2) is 0 Å². The van der Waals surface area contributed by atoms with Crippen LogP contribution in [0, 0.1) is 11.8 Å². The Morgan fingerprint density at radius 2 is 1.88 bits per heavy atom. The lowest BCUT2D eigenvalue weighted by Gasteiger charge is -2.35. The summed E-state index contributed by atoms with van der Waals surface area (Å²) in [5.41, 5.74) is 1.05. The van der Waals surface area contributed by atoms with Crippen molar-refractivity contribution in [2.24, 2.45) is 11.8 Å². The second kappa shape index (κ2) is 8.45. The maximum atomic E-state index is 12.3. The second-order valence-electron chi connectivity index (χ2n) is 6.77. The van der Waals surface area contributed by atoms with Gasteiger partial charge in [0.25, 0.3) is 0 Å². The first kappa shape index (κ1) is 17.9. The fourth-order valence-corrected chi connectivity index (χ4v) is 3.74. The molecule has 3 rings (SSSR count). The highest BCUT2D eigenvalue weighted by Gasteiger charge is 2.40. The van der Waals surface area contributed by atoms with E-state index in [2.05, 4.69) is 0 Å². The number of aliphatic carboxylic acids is 1. The van der Waals surface area contributed by atoms with Gasteiger partial charge < -0.3 is 19.5 Å². The molecule has 6 nitrogen and oxygen atoms in total. The van der Waals surface area contributed by atoms with Crippen LogP contribution in [0.4, 0.5) is 0 Å². The number of rotatable bonds is 6. The zero-order chi connectivity index (χ0) is 17.6. The number of carboxylic acid groups (broad SMARTS) is 1. The topological polar surface area (TPSA) is 76.1 Å². The van der Waals surface area contributed by atoms with Gasteiger partial charge in [0.05, 0.1) is 18.6 Å². The normalized spacial score (nSPS) is 24.4. The number of benzene rings is 1. The zero-order valence-electron chi connectivity index (χ0n) is 14.3. The lowest BCUT2D eigenvalue weighted by molar-refractivity contribution is -0.146. The molecule has 6 heteroatoms. The van der Waals surface area contributed by atoms with Crippen molar-refractivity contribution in [3.8, 4) is 0 Å². The van der Waals surface area contributed by atoms with E-state index >= 15 is 0 Å². The average molecular weight is 347 g/mol. The van der Waals surface area contributed by atoms with Gasteiger partial charge in [-0.25, -0.2) is 0 Å². The molecule has 2 aliphatic rings. The van der Waals surface area contributed by atoms with Crippen LogP contribution in [0.2, 0.25) is 0 Å². The molecular formula is C19H25NO5. The molecular weight excluding hydrogens is 322 g/mol. The van der Waals surface area contributed by atoms with E-state index in [9.17, 15) is 14.7 Å². The molecule has 1 aromatic carbocycles. The number of carboxylic acids is 1. The quantitative estimate of drug-likeness (QED) is 0.851. The van der Waals surface area contributed by atoms with Crippen LogP contribution in [0.3, 0.4) is 0 Å². The maximum absolute atomic E-state index is 12.3. The summed E-state index contributed by atoms with van der Waals surface area (Å²) >= 11 is 0. The molecule has 0 radical (unpaired) electrons. The number of hydrogen-bond donors (Lipinski definition) is 1. The molecule has 1 aromatic rings. The van der Waals surface area contributed by atoms with Crippen molar-refractivity contribution in [1.29, 1.82) is 0 Å². The molecule has 0 aromatic heterocycles. The van der Waals surface area contributed by atoms with Crippen molar-refractivity contribution in [1.82, 2.24) is 4.90 Å². The highest BCUT2D eigenvalue weighted by molar-refractivity contribution is 5.77. The van der Waals surface area contributed by atoms with Gasteiger partial charge in [-0.05, 0) is 30.7 Å². The largest absolute Gasteiger partial charge is 0.481 e. The van der Waals surface area contributed by atoms with Gasteiger partial charge in [-0.2, -0.15) is 0 Å². The lowest BCUT2D eigenvalue weighted by atomic mass is 9.84. The van der Waals surface area contributed by atoms with Crippen LogP contribution in [0.5, 0.6) is 0 Å². The third-order valence-electron chi connectivity index (χ3n) is 5.15. The molecule has 2 saturated heterocycles. The lowest BCUT2D eigenvalue weighted by Crippen LogP contribution is -2.44. The van der Waals surface area contributed by atoms with Crippen molar-refractivity contribution < 1.29 is 24.2 Å². The second-order valence-corrected chi connectivity index (χ2v) is 6.77. The molecule has 136 valence electrons. The first-order valence-electron chi connectivity index (χ1n) is 8.89. The van der Waals surface area contributed by atoms with E-state index < -0.39 is 11.9 Å². The fraction of sp³-hybridized carbons (Fsp3) is 0.579. The summed E-state index contributed by atoms with van der Waals surface area (Å²) in [6.07, 6.45) is 1.97. The number of hydrogen-bond acceptors (Lipinski definition) is 4. The average Bonchev–Trinajstić information content (AvgIpc) is 3.13. The Morgan fingerprint density at radius 3 is 2.56 bits per heavy atom. The Hall–Kier alpha value is -1.92. The number of ether oxygens (including phenoxy) is 2. The number of piperidine rings is 1. The molecule has 0 unspecified atom stereocenters. The molecule has 2 fully saturated rings. The van der Waals surface area contributed by atoms with E-state index in [1.165, 1.54) is 0 Å². The minimum Gasteiger partial charge on any atom is -0.481 e. The summed E-state index contributed by atoms with van der Waals surface area (Å²) in [5.74, 6) is -0.953. The molecule has 0 aliphatic carbocycles. The third-order valence-corrected chi connectivity index (χ3v) is 5.15. The first-order chi connectivity index (χ1) is 12.1. The van der Waals surface area contributed by atoms with Crippen LogP contribution < -0.4 is 0 Å². The van der Waals surface area contributed by atoms with Gasteiger partial charge >= 0.3 is 5.97 Å². The molecule has 0 spiro atoms. The molecule has 0 bridgehead atoms. The van der Waals surface area contributed by atoms with Gasteiger partial charge in [0.1, 0.15) is 6.61 Å². The summed E-state index contributed by atoms with van der Waals surface area (Å²) in [5, 5.41) is 9.28. The minimum atomic E-state index is -0.768. The Morgan fingerprint density at radius 1 is 1.16 bits per heavy atom. The van der Waals surface area contributed by atoms with Crippen molar-refractivity contribution in [3.63, 3.8) is 0 Å². The van der Waals surface area contributed by atoms with Crippen molar-refractivity contribution in [2.75, 3.05) is 26.3 Å². The van der Waals surface area contributed by atoms with Crippen LogP contribution >= 0.6 is 0 Å². The summed E-state index contributed by atoms with van der Waals surface area (Å²) in [4.78, 5) is 25.4. The van der Waals surface area contributed by atoms with E-state index in [4.69, 9.17) is 9.47 Å². The molecule has 25 heavy (non-hydrogen) atoms. The van der Waals surface area contributed by atoms with E-state index in [0.29, 0.717) is 32.7 Å². The van der Waals surface area contributed by atoms with Crippen LogP contribution in [0.15, 0.2) is 30.3 Å². The van der Waals surface area contributed by atoms with E-state index in [1.54, 1.807) is 0 Å². The van der Waals surface area contributed by atoms with Gasteiger partial charge in [0, 0.05) is 19.7 Å². The summed E-state index contributed by atoms with van der Waals surface area (Å²) in [6.45, 7) is 2.32. The molecule has 2 aliphatic heterocycles. The molecule has 1 amide bonds. The van der Waals surface area contributed by atoms with Gasteiger partial charge in [-0.3, -0.25) is 9.59 Å². The Kier molecular flexibility index (Phi) is 6.04. The Labute approximate surface area is 147 Å². The van der Waals surface area contributed by atoms with E-state index in [1.807, 2.05) is 35.2 Å². The predicted octanol–water partition coefficient (Wildman–Crippen LogP) is 1.93. The Balaban J connectivity index is 1.41. The number of likely N-dealkylation sites (tertiary alicyclic amines) is 1. The highest BCUT2D eigenvalue weighted by atomic mass is 16.5. The molecule has 2 heterocycles. The number of amides is 1. The molecule has 1 N–H and O–H groups in total. The minimum absolute atomic E-state index is 0.00324. The third kappa shape index (κ3) is 4.58. The molecule has 2 atom stereocenters. The van der Waals surface area contributed by atoms with Crippen molar-refractivity contribution in [3.05, 3.63) is 35.9 Å². The summed E-state index contributed by atoms with van der Waals surface area (Å²) in [7, 11) is 0. The van der Waals surface area contributed by atoms with Crippen molar-refractivity contribution in [2.45, 2.75) is 32.0 Å². The maximum Gasteiger partial charge on any atom is 0.309 e. The van der Waals surface area contributed by atoms with Gasteiger partial charge in [-0.1, -0.05) is 30.3 Å². The number of carbonyl (C=O) groups is 2. The fourth-order valence-electron chi connectivity index (χ4n) is 3.74. The SMILES string of the molecule is O=C(O)[C@@H]1CCO[C@H]1C1CCN(C(=O)COCc2ccccc2)CC1. The summed E-state index contributed by atoms with van der Waals surface area (Å²) < 4.78 is 11.2. The van der Waals surface area contributed by atoms with E-state index in [0.717, 1.165) is 18.4 Å². The van der Waals surface area contributed by atoms with Gasteiger partial charge in [-0.15, -0.1) is 0 Å². The van der Waals surface area contributed by atoms with Crippen LogP contribution in [-0.4, -0.2) is 54.3 Å². The first-order valence-corrected chi connectivity index (χ1v) is 8.89. The standard InChI is InChI=1S/C19H25NO5/c21-17(13-24-12-14-4-2-1-3-5-14)20-9-6-15(7-10-20)18-16(19(22)23)8-11-25-18/h1-5,15-16,18H,6-13H2,(H,22,23)/t16-,18+/m1/s1. The van der Waals surface area contributed by atoms with E-state index in [-0.39, 0.29) is 24.5 Å². The monoisotopic (exact) mass is 347 g/mol. The summed E-state index contributed by atoms with van der Waals surface area (Å²) in [6, 6.07) is 9.77. The van der Waals surface area contributed by atoms with Crippen molar-refractivity contribution >= 4 is 11.9 Å².